The van der Waals surface area contributed by atoms with Crippen LogP contribution >= 0.6 is 11.8 Å². The van der Waals surface area contributed by atoms with Gasteiger partial charge in [0, 0.05) is 55.9 Å². The third kappa shape index (κ3) is 3.36. The molecule has 3 nitrogen and oxygen atoms in total. The van der Waals surface area contributed by atoms with Gasteiger partial charge in [0.2, 0.25) is 0 Å². The zero-order chi connectivity index (χ0) is 11.6. The molecule has 16 heavy (non-hydrogen) atoms. The number of piperazine rings is 1. The van der Waals surface area contributed by atoms with Crippen molar-refractivity contribution in [3.8, 4) is 0 Å². The summed E-state index contributed by atoms with van der Waals surface area (Å²) in [6.45, 7) is 13.1. The van der Waals surface area contributed by atoms with Crippen molar-refractivity contribution in [2.45, 2.75) is 32.4 Å². The molecule has 94 valence electrons. The first-order chi connectivity index (χ1) is 7.55. The van der Waals surface area contributed by atoms with Crippen LogP contribution in [0.4, 0.5) is 0 Å². The molecule has 0 spiro atoms. The van der Waals surface area contributed by atoms with Crippen LogP contribution in [0.2, 0.25) is 0 Å². The molecule has 0 amide bonds. The molecule has 2 heterocycles. The Balaban J connectivity index is 1.72. The second kappa shape index (κ2) is 5.25. The van der Waals surface area contributed by atoms with Gasteiger partial charge in [-0.05, 0) is 20.8 Å². The Morgan fingerprint density at radius 2 is 1.88 bits per heavy atom. The maximum Gasteiger partial charge on any atom is 0.0421 e. The summed E-state index contributed by atoms with van der Waals surface area (Å²) in [5.41, 5.74) is 0.341. The summed E-state index contributed by atoms with van der Waals surface area (Å²) >= 11 is 2.03. The van der Waals surface area contributed by atoms with Gasteiger partial charge in [0.25, 0.3) is 0 Å². The molecule has 1 atom stereocenters. The van der Waals surface area contributed by atoms with Crippen molar-refractivity contribution in [3.63, 3.8) is 0 Å². The Bertz CT molecular complexity index is 213. The zero-order valence-electron chi connectivity index (χ0n) is 10.8. The maximum absolute atomic E-state index is 3.55. The van der Waals surface area contributed by atoms with E-state index in [0.717, 1.165) is 11.9 Å². The zero-order valence-corrected chi connectivity index (χ0v) is 11.6. The Hall–Kier alpha value is 0.230. The lowest BCUT2D eigenvalue weighted by atomic mass is 10.0. The van der Waals surface area contributed by atoms with E-state index in [1.807, 2.05) is 11.8 Å². The van der Waals surface area contributed by atoms with Gasteiger partial charge in [0.1, 0.15) is 0 Å². The second-order valence-electron chi connectivity index (χ2n) is 5.87. The van der Waals surface area contributed by atoms with Crippen LogP contribution in [-0.4, -0.2) is 65.7 Å². The van der Waals surface area contributed by atoms with E-state index in [0.29, 0.717) is 5.54 Å². The Morgan fingerprint density at radius 1 is 1.19 bits per heavy atom. The summed E-state index contributed by atoms with van der Waals surface area (Å²) in [6, 6.07) is 0.728. The van der Waals surface area contributed by atoms with E-state index in [1.165, 1.54) is 38.5 Å². The third-order valence-corrected chi connectivity index (χ3v) is 4.60. The molecule has 2 fully saturated rings. The molecule has 0 saturated carbocycles. The quantitative estimate of drug-likeness (QED) is 0.781. The van der Waals surface area contributed by atoms with Gasteiger partial charge in [-0.2, -0.15) is 0 Å². The van der Waals surface area contributed by atoms with Crippen molar-refractivity contribution >= 4 is 11.8 Å². The molecule has 1 N–H and O–H groups in total. The number of hydrogen-bond donors (Lipinski definition) is 1. The highest BCUT2D eigenvalue weighted by molar-refractivity contribution is 7.99. The molecule has 0 aromatic rings. The monoisotopic (exact) mass is 243 g/mol. The topological polar surface area (TPSA) is 18.5 Å². The van der Waals surface area contributed by atoms with Crippen LogP contribution in [0.1, 0.15) is 20.8 Å². The van der Waals surface area contributed by atoms with E-state index in [2.05, 4.69) is 35.9 Å². The molecule has 2 aliphatic rings. The fraction of sp³-hybridized carbons (Fsp3) is 1.00. The van der Waals surface area contributed by atoms with E-state index in [1.54, 1.807) is 0 Å². The van der Waals surface area contributed by atoms with Crippen molar-refractivity contribution in [1.82, 2.24) is 15.1 Å². The highest BCUT2D eigenvalue weighted by Crippen LogP contribution is 2.17. The minimum Gasteiger partial charge on any atom is -0.303 e. The molecule has 1 unspecified atom stereocenters. The van der Waals surface area contributed by atoms with E-state index >= 15 is 0 Å². The van der Waals surface area contributed by atoms with Gasteiger partial charge in [-0.25, -0.2) is 0 Å². The van der Waals surface area contributed by atoms with Crippen molar-refractivity contribution < 1.29 is 0 Å². The standard InChI is InChI=1S/C12H25N3S/c1-12(2,3)15-6-4-14(5-7-15)8-11-9-16-10-13-11/h11,13H,4-10H2,1-3H3. The Labute approximate surface area is 104 Å². The fourth-order valence-corrected chi connectivity index (χ4v) is 3.45. The lowest BCUT2D eigenvalue weighted by Crippen LogP contribution is -2.55. The maximum atomic E-state index is 3.55. The Morgan fingerprint density at radius 3 is 2.38 bits per heavy atom. The Kier molecular flexibility index (Phi) is 4.16. The van der Waals surface area contributed by atoms with E-state index in [-0.39, 0.29) is 0 Å². The predicted octanol–water partition coefficient (Wildman–Crippen LogP) is 1.06. The summed E-state index contributed by atoms with van der Waals surface area (Å²) in [4.78, 5) is 5.21. The highest BCUT2D eigenvalue weighted by Gasteiger charge is 2.27. The molecular formula is C12H25N3S. The SMILES string of the molecule is CC(C)(C)N1CCN(CC2CSCN2)CC1. The van der Waals surface area contributed by atoms with Crippen molar-refractivity contribution in [2.75, 3.05) is 44.4 Å². The molecule has 2 rings (SSSR count). The molecule has 2 aliphatic heterocycles. The first-order valence-corrected chi connectivity index (χ1v) is 7.50. The lowest BCUT2D eigenvalue weighted by molar-refractivity contribution is 0.0597. The van der Waals surface area contributed by atoms with E-state index in [9.17, 15) is 0 Å². The smallest absolute Gasteiger partial charge is 0.0421 e. The van der Waals surface area contributed by atoms with Crippen molar-refractivity contribution in [3.05, 3.63) is 0 Å². The summed E-state index contributed by atoms with van der Waals surface area (Å²) in [5.74, 6) is 2.44. The van der Waals surface area contributed by atoms with E-state index in [4.69, 9.17) is 0 Å². The van der Waals surface area contributed by atoms with Crippen LogP contribution < -0.4 is 5.32 Å². The van der Waals surface area contributed by atoms with Crippen molar-refractivity contribution in [1.29, 1.82) is 0 Å². The van der Waals surface area contributed by atoms with Gasteiger partial charge in [-0.15, -0.1) is 11.8 Å². The first-order valence-electron chi connectivity index (χ1n) is 6.34. The van der Waals surface area contributed by atoms with Crippen LogP contribution in [0, 0.1) is 0 Å². The van der Waals surface area contributed by atoms with Gasteiger partial charge in [0.05, 0.1) is 0 Å². The third-order valence-electron chi connectivity index (χ3n) is 3.59. The largest absolute Gasteiger partial charge is 0.303 e. The summed E-state index contributed by atoms with van der Waals surface area (Å²) in [7, 11) is 0. The first kappa shape index (κ1) is 12.7. The number of hydrogen-bond acceptors (Lipinski definition) is 4. The average molecular weight is 243 g/mol. The molecule has 2 saturated heterocycles. The second-order valence-corrected chi connectivity index (χ2v) is 6.90. The van der Waals surface area contributed by atoms with Crippen molar-refractivity contribution in [2.24, 2.45) is 0 Å². The lowest BCUT2D eigenvalue weighted by Gasteiger charge is -2.42. The van der Waals surface area contributed by atoms with Crippen LogP contribution in [-0.2, 0) is 0 Å². The average Bonchev–Trinajstić information content (AvgIpc) is 2.70. The van der Waals surface area contributed by atoms with Crippen LogP contribution in [0.25, 0.3) is 0 Å². The number of nitrogens with one attached hydrogen (secondary N) is 1. The van der Waals surface area contributed by atoms with Gasteiger partial charge >= 0.3 is 0 Å². The minimum absolute atomic E-state index is 0.341. The van der Waals surface area contributed by atoms with Gasteiger partial charge in [-0.3, -0.25) is 9.80 Å². The number of rotatable bonds is 2. The van der Waals surface area contributed by atoms with Crippen LogP contribution in [0.15, 0.2) is 0 Å². The summed E-state index contributed by atoms with van der Waals surface area (Å²) in [6.07, 6.45) is 0. The number of thioether (sulfide) groups is 1. The van der Waals surface area contributed by atoms with E-state index < -0.39 is 0 Å². The number of nitrogens with zero attached hydrogens (tertiary/aromatic N) is 2. The normalized spacial score (nSPS) is 29.8. The summed E-state index contributed by atoms with van der Waals surface area (Å²) in [5, 5.41) is 3.55. The molecule has 0 aliphatic carbocycles. The summed E-state index contributed by atoms with van der Waals surface area (Å²) < 4.78 is 0. The molecule has 4 heteroatoms. The molecule has 0 aromatic heterocycles. The predicted molar refractivity (Wildman–Crippen MR) is 72.0 cm³/mol. The van der Waals surface area contributed by atoms with Gasteiger partial charge < -0.3 is 5.32 Å². The molecule has 0 aromatic carbocycles. The van der Waals surface area contributed by atoms with Crippen LogP contribution in [0.3, 0.4) is 0 Å². The highest BCUT2D eigenvalue weighted by atomic mass is 32.2. The minimum atomic E-state index is 0.341. The molecule has 0 radical (unpaired) electrons. The van der Waals surface area contributed by atoms with Crippen LogP contribution in [0.5, 0.6) is 0 Å². The molecule has 0 bridgehead atoms. The molecular weight excluding hydrogens is 218 g/mol. The fourth-order valence-electron chi connectivity index (χ4n) is 2.47. The van der Waals surface area contributed by atoms with Gasteiger partial charge in [-0.1, -0.05) is 0 Å². The van der Waals surface area contributed by atoms with Gasteiger partial charge in [0.15, 0.2) is 0 Å².